The van der Waals surface area contributed by atoms with Crippen LogP contribution in [0.1, 0.15) is 43.5 Å². The van der Waals surface area contributed by atoms with Crippen molar-refractivity contribution in [1.82, 2.24) is 30.1 Å². The molecule has 174 valence electrons. The Morgan fingerprint density at radius 2 is 2.15 bits per heavy atom. The van der Waals surface area contributed by atoms with Gasteiger partial charge in [0.2, 0.25) is 0 Å². The van der Waals surface area contributed by atoms with Crippen LogP contribution in [0.5, 0.6) is 5.75 Å². The summed E-state index contributed by atoms with van der Waals surface area (Å²) in [5.41, 5.74) is 1.17. The quantitative estimate of drug-likeness (QED) is 0.356. The maximum atomic E-state index is 12.8. The number of rotatable bonds is 11. The number of benzene rings is 1. The topological polar surface area (TPSA) is 122 Å². The van der Waals surface area contributed by atoms with Crippen LogP contribution < -0.4 is 10.3 Å². The third-order valence-corrected chi connectivity index (χ3v) is 5.54. The van der Waals surface area contributed by atoms with Crippen LogP contribution in [0.15, 0.2) is 51.9 Å². The molecule has 10 heteroatoms. The molecule has 0 spiro atoms. The van der Waals surface area contributed by atoms with E-state index in [4.69, 9.17) is 9.15 Å². The number of aromatic amines is 1. The number of ether oxygens (including phenoxy) is 1. The Morgan fingerprint density at radius 1 is 1.27 bits per heavy atom. The van der Waals surface area contributed by atoms with E-state index in [-0.39, 0.29) is 18.2 Å². The van der Waals surface area contributed by atoms with Gasteiger partial charge in [-0.2, -0.15) is 0 Å². The summed E-state index contributed by atoms with van der Waals surface area (Å²) in [6, 6.07) is 10.9. The summed E-state index contributed by atoms with van der Waals surface area (Å²) in [6.07, 6.45) is 2.30. The van der Waals surface area contributed by atoms with E-state index < -0.39 is 0 Å². The maximum Gasteiger partial charge on any atom is 0.252 e. The molecule has 0 fully saturated rings. The second kappa shape index (κ2) is 10.4. The number of H-pyrrole nitrogens is 1. The van der Waals surface area contributed by atoms with E-state index in [1.54, 1.807) is 10.9 Å². The highest BCUT2D eigenvalue weighted by atomic mass is 16.5. The molecule has 0 aliphatic rings. The summed E-state index contributed by atoms with van der Waals surface area (Å²) >= 11 is 0. The zero-order chi connectivity index (χ0) is 23.2. The van der Waals surface area contributed by atoms with Crippen LogP contribution in [-0.2, 0) is 13.1 Å². The van der Waals surface area contributed by atoms with Crippen LogP contribution in [-0.4, -0.2) is 55.0 Å². The van der Waals surface area contributed by atoms with Gasteiger partial charge in [0, 0.05) is 29.6 Å². The first-order valence-corrected chi connectivity index (χ1v) is 11.0. The van der Waals surface area contributed by atoms with Crippen LogP contribution in [0.2, 0.25) is 0 Å². The Hall–Kier alpha value is -3.50. The number of fused-ring (bicyclic) bond motifs is 1. The summed E-state index contributed by atoms with van der Waals surface area (Å²) in [6.45, 7) is 5.56. The Bertz CT molecular complexity index is 1230. The Kier molecular flexibility index (Phi) is 7.16. The number of aliphatic hydroxyl groups excluding tert-OH is 1. The molecule has 0 aliphatic heterocycles. The highest BCUT2D eigenvalue weighted by Crippen LogP contribution is 2.25. The zero-order valence-electron chi connectivity index (χ0n) is 18.8. The van der Waals surface area contributed by atoms with Gasteiger partial charge in [-0.1, -0.05) is 6.92 Å². The van der Waals surface area contributed by atoms with Gasteiger partial charge in [0.25, 0.3) is 5.56 Å². The molecule has 0 saturated heterocycles. The minimum Gasteiger partial charge on any atom is -0.494 e. The summed E-state index contributed by atoms with van der Waals surface area (Å²) in [5.74, 6) is 2.14. The summed E-state index contributed by atoms with van der Waals surface area (Å²) in [5, 5.41) is 22.9. The predicted molar refractivity (Wildman–Crippen MR) is 122 cm³/mol. The molecule has 10 nitrogen and oxygen atoms in total. The van der Waals surface area contributed by atoms with Gasteiger partial charge in [-0.15, -0.1) is 5.10 Å². The lowest BCUT2D eigenvalue weighted by Crippen LogP contribution is -2.34. The Morgan fingerprint density at radius 3 is 2.88 bits per heavy atom. The number of nitrogens with one attached hydrogen (secondary N) is 1. The molecular weight excluding hydrogens is 424 g/mol. The van der Waals surface area contributed by atoms with Crippen molar-refractivity contribution in [1.29, 1.82) is 0 Å². The lowest BCUT2D eigenvalue weighted by atomic mass is 10.1. The third kappa shape index (κ3) is 5.12. The van der Waals surface area contributed by atoms with Crippen LogP contribution in [0.4, 0.5) is 0 Å². The molecule has 1 atom stereocenters. The van der Waals surface area contributed by atoms with E-state index in [0.717, 1.165) is 22.4 Å². The van der Waals surface area contributed by atoms with Gasteiger partial charge in [0.05, 0.1) is 25.5 Å². The molecular formula is C23H28N6O4. The molecule has 4 rings (SSSR count). The highest BCUT2D eigenvalue weighted by Gasteiger charge is 2.26. The fraction of sp³-hybridized carbons (Fsp3) is 0.391. The van der Waals surface area contributed by atoms with E-state index in [1.165, 1.54) is 0 Å². The number of hydrogen-bond donors (Lipinski definition) is 2. The number of hydrogen-bond acceptors (Lipinski definition) is 8. The van der Waals surface area contributed by atoms with Gasteiger partial charge in [-0.25, -0.2) is 4.68 Å². The second-order valence-corrected chi connectivity index (χ2v) is 7.70. The van der Waals surface area contributed by atoms with E-state index in [2.05, 4.69) is 20.5 Å². The zero-order valence-corrected chi connectivity index (χ0v) is 18.8. The SMILES string of the molecule is CCOc1ccc2[nH]c(=O)c(CN(CCO)[C@H](CC)c3nnnn3Cc3ccco3)cc2c1. The smallest absolute Gasteiger partial charge is 0.252 e. The van der Waals surface area contributed by atoms with Crippen LogP contribution in [0.3, 0.4) is 0 Å². The predicted octanol–water partition coefficient (Wildman–Crippen LogP) is 2.50. The summed E-state index contributed by atoms with van der Waals surface area (Å²) in [7, 11) is 0. The largest absolute Gasteiger partial charge is 0.494 e. The standard InChI is InChI=1S/C23H28N6O4/c1-3-21(22-25-26-27-29(22)15-19-6-5-11-33-19)28(9-10-30)14-17-12-16-13-18(32-4-2)7-8-20(16)24-23(17)31/h5-8,11-13,21,30H,3-4,9-10,14-15H2,1-2H3,(H,24,31)/t21-/m1/s1. The van der Waals surface area contributed by atoms with Gasteiger partial charge in [0.1, 0.15) is 18.1 Å². The van der Waals surface area contributed by atoms with Gasteiger partial charge < -0.3 is 19.2 Å². The molecule has 33 heavy (non-hydrogen) atoms. The number of pyridine rings is 1. The van der Waals surface area contributed by atoms with Gasteiger partial charge >= 0.3 is 0 Å². The maximum absolute atomic E-state index is 12.8. The normalized spacial score (nSPS) is 12.5. The summed E-state index contributed by atoms with van der Waals surface area (Å²) < 4.78 is 12.7. The van der Waals surface area contributed by atoms with Crippen molar-refractivity contribution < 1.29 is 14.3 Å². The van der Waals surface area contributed by atoms with Crippen molar-refractivity contribution in [3.8, 4) is 5.75 Å². The number of aromatic nitrogens is 5. The Balaban J connectivity index is 1.64. The first-order valence-electron chi connectivity index (χ1n) is 11.0. The van der Waals surface area contributed by atoms with Crippen molar-refractivity contribution in [2.24, 2.45) is 0 Å². The number of aliphatic hydroxyl groups is 1. The highest BCUT2D eigenvalue weighted by molar-refractivity contribution is 5.80. The van der Waals surface area contributed by atoms with Gasteiger partial charge in [0.15, 0.2) is 5.82 Å². The molecule has 2 N–H and O–H groups in total. The minimum atomic E-state index is -0.202. The fourth-order valence-electron chi connectivity index (χ4n) is 4.01. The fourth-order valence-corrected chi connectivity index (χ4v) is 4.01. The number of nitrogens with zero attached hydrogens (tertiary/aromatic N) is 5. The van der Waals surface area contributed by atoms with Crippen molar-refractivity contribution in [3.05, 3.63) is 70.2 Å². The van der Waals surface area contributed by atoms with Crippen LogP contribution in [0.25, 0.3) is 10.9 Å². The molecule has 0 unspecified atom stereocenters. The van der Waals surface area contributed by atoms with Crippen LogP contribution in [0, 0.1) is 0 Å². The van der Waals surface area contributed by atoms with Gasteiger partial charge in [-0.05, 0) is 60.2 Å². The summed E-state index contributed by atoms with van der Waals surface area (Å²) in [4.78, 5) is 17.8. The van der Waals surface area contributed by atoms with E-state index in [9.17, 15) is 9.90 Å². The van der Waals surface area contributed by atoms with E-state index in [1.807, 2.05) is 55.1 Å². The van der Waals surface area contributed by atoms with Crippen molar-refractivity contribution in [2.75, 3.05) is 19.8 Å². The molecule has 0 bridgehead atoms. The average Bonchev–Trinajstić information content (AvgIpc) is 3.48. The van der Waals surface area contributed by atoms with E-state index >= 15 is 0 Å². The Labute approximate surface area is 190 Å². The third-order valence-electron chi connectivity index (χ3n) is 5.54. The molecule has 0 saturated carbocycles. The lowest BCUT2D eigenvalue weighted by Gasteiger charge is -2.29. The minimum absolute atomic E-state index is 0.0593. The van der Waals surface area contributed by atoms with Crippen molar-refractivity contribution in [3.63, 3.8) is 0 Å². The van der Waals surface area contributed by atoms with Crippen molar-refractivity contribution >= 4 is 10.9 Å². The molecule has 3 heterocycles. The molecule has 0 amide bonds. The average molecular weight is 453 g/mol. The molecule has 0 aliphatic carbocycles. The molecule has 0 radical (unpaired) electrons. The van der Waals surface area contributed by atoms with Gasteiger partial charge in [-0.3, -0.25) is 9.69 Å². The van der Waals surface area contributed by atoms with E-state index in [0.29, 0.717) is 44.0 Å². The molecule has 1 aromatic carbocycles. The second-order valence-electron chi connectivity index (χ2n) is 7.70. The monoisotopic (exact) mass is 452 g/mol. The molecule has 4 aromatic rings. The number of tetrazole rings is 1. The lowest BCUT2D eigenvalue weighted by molar-refractivity contribution is 0.131. The number of furan rings is 1. The molecule has 3 aromatic heterocycles. The van der Waals surface area contributed by atoms with Crippen molar-refractivity contribution in [2.45, 2.75) is 39.4 Å². The van der Waals surface area contributed by atoms with Crippen LogP contribution >= 0.6 is 0 Å². The first-order chi connectivity index (χ1) is 16.1. The first kappa shape index (κ1) is 22.7.